The second-order valence-corrected chi connectivity index (χ2v) is 14.7. The molecule has 0 aliphatic heterocycles. The smallest absolute Gasteiger partial charge is 0.264 e. The molecule has 4 aromatic carbocycles. The molecule has 0 spiro atoms. The number of nitrogens with one attached hydrogen (secondary N) is 1. The minimum atomic E-state index is -4.32. The number of hydrogen-bond donors (Lipinski definition) is 1. The molecule has 0 bridgehead atoms. The van der Waals surface area contributed by atoms with Crippen LogP contribution in [0.2, 0.25) is 10.0 Å². The Hall–Kier alpha value is -3.92. The summed E-state index contributed by atoms with van der Waals surface area (Å²) in [4.78, 5) is 30.2. The van der Waals surface area contributed by atoms with E-state index in [4.69, 9.17) is 23.2 Å². The highest BCUT2D eigenvalue weighted by atomic mass is 35.5. The molecule has 5 rings (SSSR count). The van der Waals surface area contributed by atoms with Crippen molar-refractivity contribution in [1.82, 2.24) is 10.2 Å². The molecule has 1 aliphatic carbocycles. The van der Waals surface area contributed by atoms with Gasteiger partial charge in [0.2, 0.25) is 11.8 Å². The molecule has 2 amide bonds. The van der Waals surface area contributed by atoms with Crippen LogP contribution in [-0.4, -0.2) is 43.8 Å². The van der Waals surface area contributed by atoms with Gasteiger partial charge in [-0.25, -0.2) is 12.8 Å². The van der Waals surface area contributed by atoms with Gasteiger partial charge in [-0.2, -0.15) is 0 Å². The second kappa shape index (κ2) is 16.0. The number of amides is 2. The third-order valence-corrected chi connectivity index (χ3v) is 11.1. The maximum absolute atomic E-state index is 14.7. The lowest BCUT2D eigenvalue weighted by Gasteiger charge is -2.35. The topological polar surface area (TPSA) is 86.8 Å². The quantitative estimate of drug-likeness (QED) is 0.163. The maximum Gasteiger partial charge on any atom is 0.264 e. The number of aryl methyl sites for hydroxylation is 1. The number of anilines is 1. The zero-order chi connectivity index (χ0) is 34.3. The molecule has 4 aromatic rings. The minimum Gasteiger partial charge on any atom is -0.352 e. The Kier molecular flexibility index (Phi) is 11.8. The number of carbonyl (C=O) groups is 2. The van der Waals surface area contributed by atoms with Crippen LogP contribution in [0.15, 0.2) is 102 Å². The monoisotopic (exact) mass is 709 g/mol. The third-order valence-electron chi connectivity index (χ3n) is 8.62. The van der Waals surface area contributed by atoms with Crippen LogP contribution in [0.4, 0.5) is 10.1 Å². The molecule has 1 atom stereocenters. The van der Waals surface area contributed by atoms with Crippen molar-refractivity contribution < 1.29 is 22.4 Å². The van der Waals surface area contributed by atoms with Crippen molar-refractivity contribution >= 4 is 50.7 Å². The zero-order valence-corrected chi connectivity index (χ0v) is 28.9. The van der Waals surface area contributed by atoms with Crippen molar-refractivity contribution in [2.24, 2.45) is 0 Å². The zero-order valence-electron chi connectivity index (χ0n) is 26.6. The van der Waals surface area contributed by atoms with Crippen LogP contribution in [0.1, 0.15) is 48.8 Å². The average molecular weight is 711 g/mol. The lowest BCUT2D eigenvalue weighted by atomic mass is 9.94. The normalized spacial score (nSPS) is 14.2. The number of halogens is 3. The summed E-state index contributed by atoms with van der Waals surface area (Å²) in [6, 6.07) is 24.3. The highest BCUT2D eigenvalue weighted by Gasteiger charge is 2.36. The van der Waals surface area contributed by atoms with E-state index in [1.54, 1.807) is 30.3 Å². The van der Waals surface area contributed by atoms with E-state index < -0.39 is 34.3 Å². The highest BCUT2D eigenvalue weighted by Crippen LogP contribution is 2.29. The summed E-state index contributed by atoms with van der Waals surface area (Å²) in [5.41, 5.74) is 2.18. The van der Waals surface area contributed by atoms with Gasteiger partial charge in [0.15, 0.2) is 0 Å². The fraction of sp³-hybridized carbons (Fsp3) is 0.297. The molecule has 11 heteroatoms. The molecule has 1 fully saturated rings. The minimum absolute atomic E-state index is 0.0389. The molecule has 252 valence electrons. The van der Waals surface area contributed by atoms with Crippen molar-refractivity contribution in [1.29, 1.82) is 0 Å². The summed E-state index contributed by atoms with van der Waals surface area (Å²) in [6.45, 7) is 1.00. The molecule has 7 nitrogen and oxygen atoms in total. The van der Waals surface area contributed by atoms with Crippen molar-refractivity contribution in [3.05, 3.63) is 130 Å². The van der Waals surface area contributed by atoms with Crippen LogP contribution in [0, 0.1) is 12.7 Å². The van der Waals surface area contributed by atoms with Crippen molar-refractivity contribution in [2.45, 2.75) is 69.0 Å². The Morgan fingerprint density at radius 1 is 0.854 bits per heavy atom. The van der Waals surface area contributed by atoms with E-state index in [-0.39, 0.29) is 35.5 Å². The lowest BCUT2D eigenvalue weighted by molar-refractivity contribution is -0.140. The number of carbonyl (C=O) groups excluding carboxylic acids is 2. The average Bonchev–Trinajstić information content (AvgIpc) is 3.08. The van der Waals surface area contributed by atoms with Gasteiger partial charge in [0, 0.05) is 34.6 Å². The van der Waals surface area contributed by atoms with Gasteiger partial charge in [-0.3, -0.25) is 13.9 Å². The lowest BCUT2D eigenvalue weighted by Crippen LogP contribution is -2.55. The van der Waals surface area contributed by atoms with Crippen LogP contribution >= 0.6 is 23.2 Å². The predicted octanol–water partition coefficient (Wildman–Crippen LogP) is 7.73. The van der Waals surface area contributed by atoms with Gasteiger partial charge in [-0.1, -0.05) is 96.6 Å². The molecule has 1 N–H and O–H groups in total. The summed E-state index contributed by atoms with van der Waals surface area (Å²) in [5.74, 6) is -1.57. The molecular weight excluding hydrogens is 672 g/mol. The van der Waals surface area contributed by atoms with Gasteiger partial charge in [0.25, 0.3) is 10.0 Å². The summed E-state index contributed by atoms with van der Waals surface area (Å²) in [6.07, 6.45) is 4.92. The molecule has 48 heavy (non-hydrogen) atoms. The molecular formula is C37H38Cl2FN3O4S. The molecule has 1 saturated carbocycles. The molecule has 0 heterocycles. The summed E-state index contributed by atoms with van der Waals surface area (Å²) < 4.78 is 43.3. The van der Waals surface area contributed by atoms with Crippen LogP contribution in [-0.2, 0) is 32.6 Å². The molecule has 1 unspecified atom stereocenters. The number of rotatable bonds is 12. The van der Waals surface area contributed by atoms with Crippen LogP contribution in [0.5, 0.6) is 0 Å². The van der Waals surface area contributed by atoms with Gasteiger partial charge >= 0.3 is 0 Å². The van der Waals surface area contributed by atoms with Gasteiger partial charge in [-0.05, 0) is 73.9 Å². The number of hydrogen-bond acceptors (Lipinski definition) is 4. The Morgan fingerprint density at radius 3 is 2.10 bits per heavy atom. The van der Waals surface area contributed by atoms with E-state index in [0.717, 1.165) is 59.7 Å². The fourth-order valence-corrected chi connectivity index (χ4v) is 7.86. The Labute approximate surface area is 291 Å². The number of benzene rings is 4. The largest absolute Gasteiger partial charge is 0.352 e. The Bertz CT molecular complexity index is 1800. The number of nitrogens with zero attached hydrogens (tertiary/aromatic N) is 2. The number of sulfonamides is 1. The molecule has 0 radical (unpaired) electrons. The van der Waals surface area contributed by atoms with E-state index in [9.17, 15) is 22.4 Å². The third kappa shape index (κ3) is 8.75. The summed E-state index contributed by atoms with van der Waals surface area (Å²) >= 11 is 13.2. The standard InChI is InChI=1S/C37H38Cl2FN3O4S/c1-26-15-21-31(22-16-26)48(46,47)43(30-19-17-28(40)18-20-30)25-36(44)42(24-32-33(38)13-8-14-34(32)39)35(23-27-9-4-2-5-10-27)37(45)41-29-11-6-3-7-12-29/h2,4-5,8-10,13-22,29,35H,3,6-7,11-12,23-25H2,1H3,(H,41,45). The van der Waals surface area contributed by atoms with Crippen molar-refractivity contribution in [3.63, 3.8) is 0 Å². The highest BCUT2D eigenvalue weighted by molar-refractivity contribution is 7.92. The van der Waals surface area contributed by atoms with Crippen LogP contribution < -0.4 is 9.62 Å². The van der Waals surface area contributed by atoms with Crippen molar-refractivity contribution in [2.75, 3.05) is 10.8 Å². The first kappa shape index (κ1) is 35.4. The fourth-order valence-electron chi connectivity index (χ4n) is 5.93. The van der Waals surface area contributed by atoms with E-state index in [2.05, 4.69) is 5.32 Å². The maximum atomic E-state index is 14.7. The molecule has 0 aromatic heterocycles. The van der Waals surface area contributed by atoms with Gasteiger partial charge < -0.3 is 10.2 Å². The second-order valence-electron chi connectivity index (χ2n) is 12.1. The molecule has 1 aliphatic rings. The first-order valence-corrected chi connectivity index (χ1v) is 18.1. The predicted molar refractivity (Wildman–Crippen MR) is 188 cm³/mol. The first-order valence-electron chi connectivity index (χ1n) is 15.9. The van der Waals surface area contributed by atoms with E-state index in [1.807, 2.05) is 37.3 Å². The van der Waals surface area contributed by atoms with E-state index >= 15 is 0 Å². The Morgan fingerprint density at radius 2 is 1.48 bits per heavy atom. The van der Waals surface area contributed by atoms with E-state index in [0.29, 0.717) is 15.6 Å². The van der Waals surface area contributed by atoms with Crippen molar-refractivity contribution in [3.8, 4) is 0 Å². The van der Waals surface area contributed by atoms with Crippen LogP contribution in [0.3, 0.4) is 0 Å². The van der Waals surface area contributed by atoms with Crippen LogP contribution in [0.25, 0.3) is 0 Å². The van der Waals surface area contributed by atoms with E-state index in [1.165, 1.54) is 29.2 Å². The SMILES string of the molecule is Cc1ccc(S(=O)(=O)N(CC(=O)N(Cc2c(Cl)cccc2Cl)C(Cc2ccccc2)C(=O)NC2CCCCC2)c2ccc(F)cc2)cc1. The van der Waals surface area contributed by atoms with Gasteiger partial charge in [-0.15, -0.1) is 0 Å². The molecule has 0 saturated heterocycles. The summed E-state index contributed by atoms with van der Waals surface area (Å²) in [7, 11) is -4.32. The van der Waals surface area contributed by atoms with Gasteiger partial charge in [0.1, 0.15) is 18.4 Å². The first-order chi connectivity index (χ1) is 23.0. The van der Waals surface area contributed by atoms with Gasteiger partial charge in [0.05, 0.1) is 10.6 Å². The summed E-state index contributed by atoms with van der Waals surface area (Å²) in [5, 5.41) is 3.77. The Balaban J connectivity index is 1.59.